The molecule has 23 heavy (non-hydrogen) atoms. The number of aromatic nitrogens is 5. The molecule has 0 aliphatic carbocycles. The van der Waals surface area contributed by atoms with E-state index in [0.717, 1.165) is 56.1 Å². The Hall–Kier alpha value is -2.18. The van der Waals surface area contributed by atoms with Crippen molar-refractivity contribution in [2.75, 3.05) is 23.3 Å². The van der Waals surface area contributed by atoms with Crippen molar-refractivity contribution < 1.29 is 0 Å². The number of hydrogen-bond acceptors (Lipinski definition) is 6. The topological polar surface area (TPSA) is 71.8 Å². The molecule has 0 spiro atoms. The molecule has 0 bridgehead atoms. The molecule has 0 radical (unpaired) electrons. The molecule has 2 aromatic heterocycles. The molecule has 0 saturated carbocycles. The zero-order chi connectivity index (χ0) is 16.2. The average Bonchev–Trinajstić information content (AvgIpc) is 3.01. The molecule has 0 atom stereocenters. The highest BCUT2D eigenvalue weighted by Crippen LogP contribution is 2.19. The standard InChI is InChI=1S/C16H25N7/c1-4-13-14(5-2)20-21-15(19-13)18-12-6-9-23(10-7-12)16-17-8-11-22(16)3/h8,11-12H,4-7,9-10H2,1-3H3,(H,18,19,21). The summed E-state index contributed by atoms with van der Waals surface area (Å²) in [6, 6.07) is 0.394. The molecule has 7 heteroatoms. The molecule has 1 aliphatic rings. The van der Waals surface area contributed by atoms with Gasteiger partial charge in [0, 0.05) is 38.6 Å². The van der Waals surface area contributed by atoms with E-state index in [4.69, 9.17) is 0 Å². The maximum Gasteiger partial charge on any atom is 0.243 e. The van der Waals surface area contributed by atoms with Crippen molar-refractivity contribution in [2.45, 2.75) is 45.6 Å². The first-order chi connectivity index (χ1) is 11.2. The first kappa shape index (κ1) is 15.7. The zero-order valence-corrected chi connectivity index (χ0v) is 14.2. The van der Waals surface area contributed by atoms with E-state index in [-0.39, 0.29) is 0 Å². The Morgan fingerprint density at radius 3 is 2.48 bits per heavy atom. The van der Waals surface area contributed by atoms with Gasteiger partial charge in [-0.3, -0.25) is 0 Å². The second-order valence-corrected chi connectivity index (χ2v) is 5.98. The van der Waals surface area contributed by atoms with E-state index in [1.54, 1.807) is 0 Å². The molecule has 1 saturated heterocycles. The lowest BCUT2D eigenvalue weighted by atomic mass is 10.1. The minimum atomic E-state index is 0.394. The van der Waals surface area contributed by atoms with Crippen LogP contribution in [0.15, 0.2) is 12.4 Å². The molecule has 124 valence electrons. The summed E-state index contributed by atoms with van der Waals surface area (Å²) in [6.07, 6.45) is 7.71. The zero-order valence-electron chi connectivity index (χ0n) is 14.2. The molecule has 3 heterocycles. The van der Waals surface area contributed by atoms with Crippen LogP contribution in [0.4, 0.5) is 11.9 Å². The summed E-state index contributed by atoms with van der Waals surface area (Å²) < 4.78 is 2.07. The van der Waals surface area contributed by atoms with Crippen molar-refractivity contribution >= 4 is 11.9 Å². The second kappa shape index (κ2) is 6.93. The van der Waals surface area contributed by atoms with Gasteiger partial charge in [-0.25, -0.2) is 9.97 Å². The second-order valence-electron chi connectivity index (χ2n) is 5.98. The van der Waals surface area contributed by atoms with Crippen LogP contribution in [0.25, 0.3) is 0 Å². The van der Waals surface area contributed by atoms with E-state index in [1.165, 1.54) is 0 Å². The number of anilines is 2. The fourth-order valence-electron chi connectivity index (χ4n) is 3.07. The third-order valence-electron chi connectivity index (χ3n) is 4.42. The normalized spacial score (nSPS) is 15.9. The van der Waals surface area contributed by atoms with E-state index in [9.17, 15) is 0 Å². The minimum absolute atomic E-state index is 0.394. The predicted molar refractivity (Wildman–Crippen MR) is 90.6 cm³/mol. The van der Waals surface area contributed by atoms with Gasteiger partial charge in [-0.1, -0.05) is 13.8 Å². The van der Waals surface area contributed by atoms with Gasteiger partial charge >= 0.3 is 0 Å². The van der Waals surface area contributed by atoms with Crippen LogP contribution in [0.1, 0.15) is 38.1 Å². The predicted octanol–water partition coefficient (Wildman–Crippen LogP) is 1.81. The van der Waals surface area contributed by atoms with Crippen LogP contribution in [-0.4, -0.2) is 43.9 Å². The Balaban J connectivity index is 1.59. The smallest absolute Gasteiger partial charge is 0.243 e. The van der Waals surface area contributed by atoms with E-state index >= 15 is 0 Å². The lowest BCUT2D eigenvalue weighted by Gasteiger charge is -2.32. The summed E-state index contributed by atoms with van der Waals surface area (Å²) in [5, 5.41) is 12.0. The molecule has 0 amide bonds. The Labute approximate surface area is 137 Å². The van der Waals surface area contributed by atoms with Crippen molar-refractivity contribution in [3.05, 3.63) is 23.8 Å². The summed E-state index contributed by atoms with van der Waals surface area (Å²) >= 11 is 0. The van der Waals surface area contributed by atoms with Crippen LogP contribution in [0.5, 0.6) is 0 Å². The molecule has 1 fully saturated rings. The van der Waals surface area contributed by atoms with E-state index in [1.807, 2.05) is 19.4 Å². The van der Waals surface area contributed by atoms with Gasteiger partial charge in [0.1, 0.15) is 0 Å². The Morgan fingerprint density at radius 1 is 1.13 bits per heavy atom. The Morgan fingerprint density at radius 2 is 1.87 bits per heavy atom. The van der Waals surface area contributed by atoms with Crippen LogP contribution in [-0.2, 0) is 19.9 Å². The van der Waals surface area contributed by atoms with E-state index < -0.39 is 0 Å². The first-order valence-electron chi connectivity index (χ1n) is 8.42. The summed E-state index contributed by atoms with van der Waals surface area (Å²) in [4.78, 5) is 11.4. The van der Waals surface area contributed by atoms with Gasteiger partial charge in [-0.2, -0.15) is 5.10 Å². The third kappa shape index (κ3) is 3.43. The molecular weight excluding hydrogens is 290 g/mol. The highest BCUT2D eigenvalue weighted by Gasteiger charge is 2.22. The number of imidazole rings is 1. The Kier molecular flexibility index (Phi) is 4.73. The summed E-state index contributed by atoms with van der Waals surface area (Å²) in [7, 11) is 2.04. The van der Waals surface area contributed by atoms with Crippen LogP contribution in [0.3, 0.4) is 0 Å². The SMILES string of the molecule is CCc1nnc(NC2CCN(c3nccn3C)CC2)nc1CC. The van der Waals surface area contributed by atoms with Gasteiger partial charge in [0.05, 0.1) is 11.4 Å². The molecule has 3 rings (SSSR count). The van der Waals surface area contributed by atoms with Gasteiger partial charge in [-0.05, 0) is 25.7 Å². The molecule has 1 N–H and O–H groups in total. The molecule has 2 aromatic rings. The fraction of sp³-hybridized carbons (Fsp3) is 0.625. The molecule has 0 unspecified atom stereocenters. The average molecular weight is 315 g/mol. The molecule has 7 nitrogen and oxygen atoms in total. The highest BCUT2D eigenvalue weighted by atomic mass is 15.3. The Bertz CT molecular complexity index is 644. The number of hydrogen-bond donors (Lipinski definition) is 1. The summed E-state index contributed by atoms with van der Waals surface area (Å²) in [6.45, 7) is 6.18. The van der Waals surface area contributed by atoms with Crippen molar-refractivity contribution in [3.63, 3.8) is 0 Å². The van der Waals surface area contributed by atoms with Gasteiger partial charge in [0.2, 0.25) is 11.9 Å². The lowest BCUT2D eigenvalue weighted by Crippen LogP contribution is -2.40. The quantitative estimate of drug-likeness (QED) is 0.907. The van der Waals surface area contributed by atoms with Crippen molar-refractivity contribution in [3.8, 4) is 0 Å². The number of rotatable bonds is 5. The van der Waals surface area contributed by atoms with Gasteiger partial charge in [-0.15, -0.1) is 5.10 Å². The third-order valence-corrected chi connectivity index (χ3v) is 4.42. The lowest BCUT2D eigenvalue weighted by molar-refractivity contribution is 0.512. The maximum absolute atomic E-state index is 4.62. The summed E-state index contributed by atoms with van der Waals surface area (Å²) in [5.74, 6) is 1.71. The number of aryl methyl sites for hydroxylation is 3. The highest BCUT2D eigenvalue weighted by molar-refractivity contribution is 5.33. The van der Waals surface area contributed by atoms with Crippen LogP contribution in [0.2, 0.25) is 0 Å². The van der Waals surface area contributed by atoms with Crippen LogP contribution < -0.4 is 10.2 Å². The monoisotopic (exact) mass is 315 g/mol. The maximum atomic E-state index is 4.62. The largest absolute Gasteiger partial charge is 0.350 e. The van der Waals surface area contributed by atoms with Crippen LogP contribution >= 0.6 is 0 Å². The summed E-state index contributed by atoms with van der Waals surface area (Å²) in [5.41, 5.74) is 2.05. The minimum Gasteiger partial charge on any atom is -0.350 e. The van der Waals surface area contributed by atoms with Crippen LogP contribution in [0, 0.1) is 0 Å². The number of piperidine rings is 1. The van der Waals surface area contributed by atoms with Gasteiger partial charge in [0.15, 0.2) is 0 Å². The van der Waals surface area contributed by atoms with Crippen molar-refractivity contribution in [1.29, 1.82) is 0 Å². The first-order valence-corrected chi connectivity index (χ1v) is 8.42. The molecular formula is C16H25N7. The molecule has 1 aliphatic heterocycles. The molecule has 0 aromatic carbocycles. The fourth-order valence-corrected chi connectivity index (χ4v) is 3.07. The van der Waals surface area contributed by atoms with Gasteiger partial charge < -0.3 is 14.8 Å². The number of nitrogens with zero attached hydrogens (tertiary/aromatic N) is 6. The van der Waals surface area contributed by atoms with Gasteiger partial charge in [0.25, 0.3) is 0 Å². The number of nitrogens with one attached hydrogen (secondary N) is 1. The van der Waals surface area contributed by atoms with Crippen molar-refractivity contribution in [2.24, 2.45) is 7.05 Å². The van der Waals surface area contributed by atoms with E-state index in [2.05, 4.69) is 48.8 Å². The van der Waals surface area contributed by atoms with E-state index in [0.29, 0.717) is 12.0 Å². The van der Waals surface area contributed by atoms with Crippen molar-refractivity contribution in [1.82, 2.24) is 24.7 Å².